The van der Waals surface area contributed by atoms with Gasteiger partial charge in [0, 0.05) is 32.0 Å². The number of nitrogens with zero attached hydrogens (tertiary/aromatic N) is 2. The standard InChI is InChI=1S/C12H21N3O/c1-10(2)13-9-11-3-6-15(14-11)12-4-7-16-8-5-12/h3,6,10,12-13H,4-5,7-9H2,1-2H3. The third-order valence-electron chi connectivity index (χ3n) is 2.92. The van der Waals surface area contributed by atoms with Crippen LogP contribution in [0.5, 0.6) is 0 Å². The van der Waals surface area contributed by atoms with Gasteiger partial charge in [-0.25, -0.2) is 0 Å². The fraction of sp³-hybridized carbons (Fsp3) is 0.750. The number of nitrogens with one attached hydrogen (secondary N) is 1. The molecule has 1 N–H and O–H groups in total. The maximum absolute atomic E-state index is 5.35. The van der Waals surface area contributed by atoms with E-state index in [0.717, 1.165) is 38.3 Å². The number of hydrogen-bond donors (Lipinski definition) is 1. The van der Waals surface area contributed by atoms with E-state index in [4.69, 9.17) is 4.74 Å². The van der Waals surface area contributed by atoms with Gasteiger partial charge in [-0.2, -0.15) is 5.10 Å². The van der Waals surface area contributed by atoms with Gasteiger partial charge in [-0.1, -0.05) is 13.8 Å². The first-order valence-electron chi connectivity index (χ1n) is 6.11. The Bertz CT molecular complexity index is 316. The maximum atomic E-state index is 5.35. The third kappa shape index (κ3) is 3.06. The molecular weight excluding hydrogens is 202 g/mol. The van der Waals surface area contributed by atoms with Gasteiger partial charge in [0.05, 0.1) is 11.7 Å². The lowest BCUT2D eigenvalue weighted by Gasteiger charge is -2.22. The molecule has 1 aliphatic heterocycles. The summed E-state index contributed by atoms with van der Waals surface area (Å²) in [5.74, 6) is 0. The van der Waals surface area contributed by atoms with Gasteiger partial charge in [-0.15, -0.1) is 0 Å². The van der Waals surface area contributed by atoms with Crippen LogP contribution in [0.25, 0.3) is 0 Å². The molecule has 0 amide bonds. The Hall–Kier alpha value is -0.870. The second kappa shape index (κ2) is 5.46. The van der Waals surface area contributed by atoms with Crippen molar-refractivity contribution in [2.24, 2.45) is 0 Å². The molecule has 90 valence electrons. The van der Waals surface area contributed by atoms with E-state index in [2.05, 4.69) is 41.2 Å². The number of ether oxygens (including phenoxy) is 1. The third-order valence-corrected chi connectivity index (χ3v) is 2.92. The Labute approximate surface area is 97.0 Å². The van der Waals surface area contributed by atoms with Crippen molar-refractivity contribution in [1.82, 2.24) is 15.1 Å². The van der Waals surface area contributed by atoms with Crippen molar-refractivity contribution < 1.29 is 4.74 Å². The van der Waals surface area contributed by atoms with Gasteiger partial charge in [0.1, 0.15) is 0 Å². The minimum Gasteiger partial charge on any atom is -0.381 e. The van der Waals surface area contributed by atoms with E-state index in [-0.39, 0.29) is 0 Å². The van der Waals surface area contributed by atoms with Crippen LogP contribution in [0.1, 0.15) is 38.4 Å². The zero-order valence-corrected chi connectivity index (χ0v) is 10.1. The van der Waals surface area contributed by atoms with Crippen LogP contribution in [0.3, 0.4) is 0 Å². The molecule has 0 aliphatic carbocycles. The number of aromatic nitrogens is 2. The van der Waals surface area contributed by atoms with Crippen LogP contribution in [0.2, 0.25) is 0 Å². The van der Waals surface area contributed by atoms with Crippen LogP contribution in [-0.2, 0) is 11.3 Å². The summed E-state index contributed by atoms with van der Waals surface area (Å²) in [6, 6.07) is 3.14. The highest BCUT2D eigenvalue weighted by Gasteiger charge is 2.16. The molecule has 1 aromatic rings. The predicted molar refractivity (Wildman–Crippen MR) is 63.3 cm³/mol. The van der Waals surface area contributed by atoms with Crippen molar-refractivity contribution in [2.75, 3.05) is 13.2 Å². The van der Waals surface area contributed by atoms with Gasteiger partial charge < -0.3 is 10.1 Å². The van der Waals surface area contributed by atoms with Crippen LogP contribution in [0, 0.1) is 0 Å². The molecule has 1 saturated heterocycles. The smallest absolute Gasteiger partial charge is 0.0762 e. The molecule has 1 fully saturated rings. The van der Waals surface area contributed by atoms with Crippen LogP contribution in [0.15, 0.2) is 12.3 Å². The summed E-state index contributed by atoms with van der Waals surface area (Å²) in [5.41, 5.74) is 1.13. The highest BCUT2D eigenvalue weighted by atomic mass is 16.5. The van der Waals surface area contributed by atoms with Crippen molar-refractivity contribution in [3.8, 4) is 0 Å². The first kappa shape index (κ1) is 11.6. The molecule has 4 nitrogen and oxygen atoms in total. The van der Waals surface area contributed by atoms with E-state index in [1.807, 2.05) is 0 Å². The van der Waals surface area contributed by atoms with Gasteiger partial charge in [-0.05, 0) is 18.9 Å². The zero-order chi connectivity index (χ0) is 11.4. The number of rotatable bonds is 4. The lowest BCUT2D eigenvalue weighted by atomic mass is 10.1. The van der Waals surface area contributed by atoms with Crippen molar-refractivity contribution >= 4 is 0 Å². The molecule has 0 saturated carbocycles. The molecule has 0 unspecified atom stereocenters. The van der Waals surface area contributed by atoms with E-state index < -0.39 is 0 Å². The minimum absolute atomic E-state index is 0.508. The second-order valence-electron chi connectivity index (χ2n) is 4.67. The summed E-state index contributed by atoms with van der Waals surface area (Å²) < 4.78 is 7.45. The molecule has 1 aliphatic rings. The van der Waals surface area contributed by atoms with Gasteiger partial charge in [0.15, 0.2) is 0 Å². The first-order valence-corrected chi connectivity index (χ1v) is 6.11. The minimum atomic E-state index is 0.508. The van der Waals surface area contributed by atoms with Crippen molar-refractivity contribution in [3.05, 3.63) is 18.0 Å². The zero-order valence-electron chi connectivity index (χ0n) is 10.1. The van der Waals surface area contributed by atoms with Crippen molar-refractivity contribution in [2.45, 2.75) is 45.3 Å². The van der Waals surface area contributed by atoms with Crippen LogP contribution in [-0.4, -0.2) is 29.0 Å². The fourth-order valence-electron chi connectivity index (χ4n) is 1.93. The first-order chi connectivity index (χ1) is 7.75. The average Bonchev–Trinajstić information content (AvgIpc) is 2.76. The summed E-state index contributed by atoms with van der Waals surface area (Å²) in [5, 5.41) is 7.98. The summed E-state index contributed by atoms with van der Waals surface area (Å²) >= 11 is 0. The van der Waals surface area contributed by atoms with Gasteiger partial charge in [0.2, 0.25) is 0 Å². The highest BCUT2D eigenvalue weighted by molar-refractivity contribution is 4.99. The fourth-order valence-corrected chi connectivity index (χ4v) is 1.93. The monoisotopic (exact) mass is 223 g/mol. The predicted octanol–water partition coefficient (Wildman–Crippen LogP) is 1.73. The summed E-state index contributed by atoms with van der Waals surface area (Å²) in [6.45, 7) is 6.88. The largest absolute Gasteiger partial charge is 0.381 e. The Morgan fingerprint density at radius 3 is 2.94 bits per heavy atom. The topological polar surface area (TPSA) is 39.1 Å². The molecule has 1 aromatic heterocycles. The molecule has 0 atom stereocenters. The molecule has 16 heavy (non-hydrogen) atoms. The van der Waals surface area contributed by atoms with E-state index in [1.54, 1.807) is 0 Å². The molecule has 0 aromatic carbocycles. The maximum Gasteiger partial charge on any atom is 0.0762 e. The average molecular weight is 223 g/mol. The van der Waals surface area contributed by atoms with E-state index in [0.29, 0.717) is 12.1 Å². The SMILES string of the molecule is CC(C)NCc1ccn(C2CCOCC2)n1. The molecular formula is C12H21N3O. The van der Waals surface area contributed by atoms with E-state index in [9.17, 15) is 0 Å². The molecule has 4 heteroatoms. The summed E-state index contributed by atoms with van der Waals surface area (Å²) in [7, 11) is 0. The van der Waals surface area contributed by atoms with Crippen LogP contribution in [0.4, 0.5) is 0 Å². The van der Waals surface area contributed by atoms with Gasteiger partial charge >= 0.3 is 0 Å². The lowest BCUT2D eigenvalue weighted by Crippen LogP contribution is -2.23. The van der Waals surface area contributed by atoms with Crippen LogP contribution >= 0.6 is 0 Å². The van der Waals surface area contributed by atoms with E-state index in [1.165, 1.54) is 0 Å². The Morgan fingerprint density at radius 1 is 1.50 bits per heavy atom. The summed E-state index contributed by atoms with van der Waals surface area (Å²) in [4.78, 5) is 0. The Balaban J connectivity index is 1.90. The molecule has 0 bridgehead atoms. The van der Waals surface area contributed by atoms with Gasteiger partial charge in [0.25, 0.3) is 0 Å². The highest BCUT2D eigenvalue weighted by Crippen LogP contribution is 2.19. The molecule has 0 spiro atoms. The Kier molecular flexibility index (Phi) is 3.96. The quantitative estimate of drug-likeness (QED) is 0.845. The number of hydrogen-bond acceptors (Lipinski definition) is 3. The molecule has 2 rings (SSSR count). The lowest BCUT2D eigenvalue weighted by molar-refractivity contribution is 0.0661. The molecule has 2 heterocycles. The molecule has 0 radical (unpaired) electrons. The van der Waals surface area contributed by atoms with Crippen LogP contribution < -0.4 is 5.32 Å². The van der Waals surface area contributed by atoms with E-state index >= 15 is 0 Å². The van der Waals surface area contributed by atoms with Gasteiger partial charge in [-0.3, -0.25) is 4.68 Å². The van der Waals surface area contributed by atoms with Crippen molar-refractivity contribution in [1.29, 1.82) is 0 Å². The second-order valence-corrected chi connectivity index (χ2v) is 4.67. The normalized spacial score (nSPS) is 18.2. The Morgan fingerprint density at radius 2 is 2.25 bits per heavy atom. The summed E-state index contributed by atoms with van der Waals surface area (Å²) in [6.07, 6.45) is 4.25. The van der Waals surface area contributed by atoms with Crippen molar-refractivity contribution in [3.63, 3.8) is 0 Å².